The Morgan fingerprint density at radius 1 is 1.14 bits per heavy atom. The van der Waals surface area contributed by atoms with Gasteiger partial charge in [-0.3, -0.25) is 9.48 Å². The number of nitrogens with one attached hydrogen (secondary N) is 1. The predicted octanol–water partition coefficient (Wildman–Crippen LogP) is 4.49. The highest BCUT2D eigenvalue weighted by molar-refractivity contribution is 6.03. The van der Waals surface area contributed by atoms with Crippen LogP contribution in [0.1, 0.15) is 36.8 Å². The minimum Gasteiger partial charge on any atom is -0.378 e. The minimum atomic E-state index is -0.648. The Morgan fingerprint density at radius 3 is 2.63 bits per heavy atom. The van der Waals surface area contributed by atoms with Crippen molar-refractivity contribution in [2.24, 2.45) is 0 Å². The molecular formula is C26H29FN6O2. The highest BCUT2D eigenvalue weighted by Crippen LogP contribution is 2.32. The second kappa shape index (κ2) is 8.81. The van der Waals surface area contributed by atoms with Crippen molar-refractivity contribution in [3.8, 4) is 11.1 Å². The van der Waals surface area contributed by atoms with Crippen LogP contribution in [0.4, 0.5) is 15.8 Å². The van der Waals surface area contributed by atoms with E-state index in [2.05, 4.69) is 26.4 Å². The lowest BCUT2D eigenvalue weighted by molar-refractivity contribution is 0.101. The number of ether oxygens (including phenoxy) is 1. The van der Waals surface area contributed by atoms with Crippen LogP contribution in [0.25, 0.3) is 16.8 Å². The average molecular weight is 477 g/mol. The second-order valence-corrected chi connectivity index (χ2v) is 9.80. The normalized spacial score (nSPS) is 14.5. The van der Waals surface area contributed by atoms with Gasteiger partial charge in [0.25, 0.3) is 5.91 Å². The Kier molecular flexibility index (Phi) is 5.80. The number of nitrogens with zero attached hydrogens (tertiary/aromatic N) is 5. The first-order valence-corrected chi connectivity index (χ1v) is 11.7. The van der Waals surface area contributed by atoms with E-state index >= 15 is 0 Å². The Labute approximate surface area is 203 Å². The molecule has 1 fully saturated rings. The number of hydrogen-bond donors (Lipinski definition) is 1. The van der Waals surface area contributed by atoms with Crippen molar-refractivity contribution in [1.82, 2.24) is 19.2 Å². The number of carbonyl (C=O) groups excluding carboxylic acids is 1. The number of morpholine rings is 1. The van der Waals surface area contributed by atoms with E-state index < -0.39 is 17.3 Å². The SMILES string of the molecule is Cc1ccc(NC(=O)c2nn(C(C)(C)C)cc2F)cc1-c1cc(N2CCOCC2)c2nccn2c1. The quantitative estimate of drug-likeness (QED) is 0.470. The lowest BCUT2D eigenvalue weighted by atomic mass is 10.0. The number of halogens is 1. The first-order chi connectivity index (χ1) is 16.7. The Balaban J connectivity index is 1.48. The maximum Gasteiger partial charge on any atom is 0.279 e. The summed E-state index contributed by atoms with van der Waals surface area (Å²) in [6.07, 6.45) is 7.00. The van der Waals surface area contributed by atoms with Crippen molar-refractivity contribution in [3.05, 3.63) is 66.1 Å². The zero-order valence-corrected chi connectivity index (χ0v) is 20.4. The molecule has 1 N–H and O–H groups in total. The average Bonchev–Trinajstić information content (AvgIpc) is 3.46. The smallest absolute Gasteiger partial charge is 0.279 e. The summed E-state index contributed by atoms with van der Waals surface area (Å²) >= 11 is 0. The maximum atomic E-state index is 14.5. The molecule has 35 heavy (non-hydrogen) atoms. The van der Waals surface area contributed by atoms with Gasteiger partial charge in [-0.15, -0.1) is 0 Å². The van der Waals surface area contributed by atoms with Gasteiger partial charge in [0, 0.05) is 42.9 Å². The molecule has 0 saturated carbocycles. The minimum absolute atomic E-state index is 0.225. The summed E-state index contributed by atoms with van der Waals surface area (Å²) in [7, 11) is 0. The van der Waals surface area contributed by atoms with Crippen molar-refractivity contribution < 1.29 is 13.9 Å². The van der Waals surface area contributed by atoms with Gasteiger partial charge in [-0.25, -0.2) is 9.37 Å². The maximum absolute atomic E-state index is 14.5. The lowest BCUT2D eigenvalue weighted by Crippen LogP contribution is -2.36. The van der Waals surface area contributed by atoms with E-state index in [1.807, 2.05) is 62.7 Å². The van der Waals surface area contributed by atoms with Gasteiger partial charge in [0.2, 0.25) is 0 Å². The largest absolute Gasteiger partial charge is 0.378 e. The number of anilines is 2. The zero-order valence-electron chi connectivity index (χ0n) is 20.4. The summed E-state index contributed by atoms with van der Waals surface area (Å²) in [4.78, 5) is 19.7. The number of carbonyl (C=O) groups is 1. The van der Waals surface area contributed by atoms with Crippen LogP contribution in [0.15, 0.2) is 49.1 Å². The third kappa shape index (κ3) is 4.51. The van der Waals surface area contributed by atoms with E-state index in [-0.39, 0.29) is 5.69 Å². The molecule has 0 atom stereocenters. The standard InChI is InChI=1S/C26H29FN6O2/c1-17-5-6-19(29-25(34)23-21(27)16-33(30-23)26(2,3)4)14-20(17)18-13-22(31-9-11-35-12-10-31)24-28-7-8-32(24)15-18/h5-8,13-16H,9-12H2,1-4H3,(H,29,34). The molecule has 0 bridgehead atoms. The van der Waals surface area contributed by atoms with Crippen LogP contribution < -0.4 is 10.2 Å². The topological polar surface area (TPSA) is 76.7 Å². The zero-order chi connectivity index (χ0) is 24.7. The Hall–Kier alpha value is -3.72. The van der Waals surface area contributed by atoms with Crippen LogP contribution >= 0.6 is 0 Å². The Morgan fingerprint density at radius 2 is 1.91 bits per heavy atom. The fourth-order valence-corrected chi connectivity index (χ4v) is 4.25. The molecule has 1 aliphatic rings. The molecule has 1 aliphatic heterocycles. The fourth-order valence-electron chi connectivity index (χ4n) is 4.25. The second-order valence-electron chi connectivity index (χ2n) is 9.80. The molecule has 1 aromatic carbocycles. The highest BCUT2D eigenvalue weighted by atomic mass is 19.1. The molecule has 5 rings (SSSR count). The van der Waals surface area contributed by atoms with E-state index in [4.69, 9.17) is 4.74 Å². The summed E-state index contributed by atoms with van der Waals surface area (Å²) in [5.41, 5.74) is 4.86. The van der Waals surface area contributed by atoms with Crippen LogP contribution in [-0.4, -0.2) is 51.4 Å². The van der Waals surface area contributed by atoms with Crippen LogP contribution in [-0.2, 0) is 10.3 Å². The van der Waals surface area contributed by atoms with Crippen molar-refractivity contribution >= 4 is 22.9 Å². The first kappa shape index (κ1) is 23.0. The van der Waals surface area contributed by atoms with Crippen molar-refractivity contribution in [3.63, 3.8) is 0 Å². The van der Waals surface area contributed by atoms with Gasteiger partial charge in [-0.1, -0.05) is 6.07 Å². The van der Waals surface area contributed by atoms with E-state index in [0.717, 1.165) is 41.1 Å². The fraction of sp³-hybridized carbons (Fsp3) is 0.346. The van der Waals surface area contributed by atoms with Crippen LogP contribution in [0.3, 0.4) is 0 Å². The van der Waals surface area contributed by atoms with Gasteiger partial charge < -0.3 is 19.4 Å². The predicted molar refractivity (Wildman–Crippen MR) is 134 cm³/mol. The lowest BCUT2D eigenvalue weighted by Gasteiger charge is -2.29. The molecule has 0 unspecified atom stereocenters. The number of amides is 1. The van der Waals surface area contributed by atoms with Crippen molar-refractivity contribution in [2.45, 2.75) is 33.2 Å². The number of fused-ring (bicyclic) bond motifs is 1. The summed E-state index contributed by atoms with van der Waals surface area (Å²) in [6.45, 7) is 10.7. The molecule has 0 aliphatic carbocycles. The van der Waals surface area contributed by atoms with Gasteiger partial charge in [0.1, 0.15) is 0 Å². The molecule has 0 spiro atoms. The molecule has 8 nitrogen and oxygen atoms in total. The Bertz CT molecular complexity index is 1390. The van der Waals surface area contributed by atoms with E-state index in [1.54, 1.807) is 6.20 Å². The molecule has 182 valence electrons. The number of benzene rings is 1. The summed E-state index contributed by atoms with van der Waals surface area (Å²) in [6, 6.07) is 7.80. The van der Waals surface area contributed by atoms with Crippen LogP contribution in [0.5, 0.6) is 0 Å². The molecule has 0 radical (unpaired) electrons. The van der Waals surface area contributed by atoms with Gasteiger partial charge >= 0.3 is 0 Å². The number of aromatic nitrogens is 4. The third-order valence-corrected chi connectivity index (χ3v) is 6.20. The van der Waals surface area contributed by atoms with E-state index in [9.17, 15) is 9.18 Å². The van der Waals surface area contributed by atoms with E-state index in [0.29, 0.717) is 18.9 Å². The molecule has 4 heterocycles. The molecule has 9 heteroatoms. The van der Waals surface area contributed by atoms with Gasteiger partial charge in [0.15, 0.2) is 17.2 Å². The number of hydrogen-bond acceptors (Lipinski definition) is 5. The summed E-state index contributed by atoms with van der Waals surface area (Å²) < 4.78 is 23.5. The van der Waals surface area contributed by atoms with Crippen molar-refractivity contribution in [2.75, 3.05) is 36.5 Å². The van der Waals surface area contributed by atoms with Crippen LogP contribution in [0.2, 0.25) is 0 Å². The van der Waals surface area contributed by atoms with Crippen molar-refractivity contribution in [1.29, 1.82) is 0 Å². The van der Waals surface area contributed by atoms with Gasteiger partial charge in [-0.2, -0.15) is 5.10 Å². The van der Waals surface area contributed by atoms with E-state index in [1.165, 1.54) is 10.9 Å². The summed E-state index contributed by atoms with van der Waals surface area (Å²) in [5.74, 6) is -1.23. The van der Waals surface area contributed by atoms with Gasteiger partial charge in [0.05, 0.1) is 30.6 Å². The highest BCUT2D eigenvalue weighted by Gasteiger charge is 2.23. The summed E-state index contributed by atoms with van der Waals surface area (Å²) in [5, 5.41) is 6.98. The number of rotatable bonds is 4. The first-order valence-electron chi connectivity index (χ1n) is 11.7. The monoisotopic (exact) mass is 476 g/mol. The number of pyridine rings is 1. The molecule has 3 aromatic heterocycles. The van der Waals surface area contributed by atoms with Gasteiger partial charge in [-0.05, 0) is 57.0 Å². The number of aryl methyl sites for hydroxylation is 1. The number of imidazole rings is 1. The molecular weight excluding hydrogens is 447 g/mol. The third-order valence-electron chi connectivity index (χ3n) is 6.20. The molecule has 1 saturated heterocycles. The molecule has 4 aromatic rings. The molecule has 1 amide bonds. The van der Waals surface area contributed by atoms with Crippen LogP contribution in [0, 0.1) is 12.7 Å².